The van der Waals surface area contributed by atoms with Gasteiger partial charge in [-0.05, 0) is 23.6 Å². The van der Waals surface area contributed by atoms with Crippen molar-refractivity contribution in [2.24, 2.45) is 0 Å². The molecule has 1 N–H and O–H groups in total. The Labute approximate surface area is 119 Å². The van der Waals surface area contributed by atoms with Gasteiger partial charge in [0.15, 0.2) is 0 Å². The summed E-state index contributed by atoms with van der Waals surface area (Å²) in [5, 5.41) is 5.05. The fraction of sp³-hybridized carbons (Fsp3) is 0.385. The highest BCUT2D eigenvalue weighted by atomic mass is 32.2. The summed E-state index contributed by atoms with van der Waals surface area (Å²) in [6.45, 7) is 11.3. The van der Waals surface area contributed by atoms with Crippen molar-refractivity contribution in [2.45, 2.75) is 17.7 Å². The molecular formula is C13H20N2O2S2. The van der Waals surface area contributed by atoms with E-state index >= 15 is 0 Å². The Hall–Kier alpha value is -0.950. The number of hydrogen-bond donors (Lipinski definition) is 1. The first-order valence-electron chi connectivity index (χ1n) is 6.06. The monoisotopic (exact) mass is 300 g/mol. The van der Waals surface area contributed by atoms with Crippen molar-refractivity contribution in [1.29, 1.82) is 0 Å². The number of thiophene rings is 1. The molecule has 0 atom stereocenters. The van der Waals surface area contributed by atoms with Gasteiger partial charge in [0.1, 0.15) is 4.21 Å². The van der Waals surface area contributed by atoms with Gasteiger partial charge in [0.25, 0.3) is 10.0 Å². The average molecular weight is 300 g/mol. The van der Waals surface area contributed by atoms with Gasteiger partial charge in [-0.25, -0.2) is 8.42 Å². The van der Waals surface area contributed by atoms with Crippen LogP contribution in [0.4, 0.5) is 0 Å². The van der Waals surface area contributed by atoms with Crippen LogP contribution in [-0.2, 0) is 16.6 Å². The zero-order chi connectivity index (χ0) is 14.3. The van der Waals surface area contributed by atoms with Gasteiger partial charge >= 0.3 is 0 Å². The average Bonchev–Trinajstić information content (AvgIpc) is 2.85. The summed E-state index contributed by atoms with van der Waals surface area (Å²) in [5.74, 6) is 0. The molecule has 0 fully saturated rings. The Morgan fingerprint density at radius 1 is 1.37 bits per heavy atom. The lowest BCUT2D eigenvalue weighted by Crippen LogP contribution is -2.30. The van der Waals surface area contributed by atoms with E-state index in [1.165, 1.54) is 15.6 Å². The normalized spacial score (nSPS) is 11.7. The van der Waals surface area contributed by atoms with E-state index in [1.54, 1.807) is 18.2 Å². The maximum absolute atomic E-state index is 12.4. The number of nitrogens with one attached hydrogen (secondary N) is 1. The summed E-state index contributed by atoms with van der Waals surface area (Å²) in [6.07, 6.45) is 3.16. The maximum Gasteiger partial charge on any atom is 0.253 e. The number of rotatable bonds is 9. The highest BCUT2D eigenvalue weighted by molar-refractivity contribution is 7.91. The van der Waals surface area contributed by atoms with Gasteiger partial charge in [0, 0.05) is 19.6 Å². The predicted octanol–water partition coefficient (Wildman–Crippen LogP) is 2.22. The molecule has 6 heteroatoms. The first kappa shape index (κ1) is 16.1. The fourth-order valence-electron chi connectivity index (χ4n) is 1.54. The van der Waals surface area contributed by atoms with Crippen molar-refractivity contribution >= 4 is 21.4 Å². The molecule has 0 aliphatic rings. The molecule has 0 unspecified atom stereocenters. The van der Waals surface area contributed by atoms with E-state index in [0.29, 0.717) is 10.8 Å². The molecule has 0 aliphatic heterocycles. The Morgan fingerprint density at radius 2 is 2.00 bits per heavy atom. The maximum atomic E-state index is 12.4. The van der Waals surface area contributed by atoms with Crippen molar-refractivity contribution in [3.8, 4) is 0 Å². The molecule has 0 aromatic carbocycles. The van der Waals surface area contributed by atoms with Gasteiger partial charge in [-0.1, -0.05) is 19.1 Å². The quantitative estimate of drug-likeness (QED) is 0.711. The summed E-state index contributed by atoms with van der Waals surface area (Å²) >= 11 is 1.25. The van der Waals surface area contributed by atoms with Crippen LogP contribution >= 0.6 is 11.3 Å². The molecule has 0 aliphatic carbocycles. The lowest BCUT2D eigenvalue weighted by molar-refractivity contribution is 0.476. The smallest absolute Gasteiger partial charge is 0.253 e. The number of hydrogen-bond acceptors (Lipinski definition) is 4. The molecular weight excluding hydrogens is 280 g/mol. The van der Waals surface area contributed by atoms with E-state index in [0.717, 1.165) is 12.1 Å². The van der Waals surface area contributed by atoms with Crippen molar-refractivity contribution < 1.29 is 8.42 Å². The fourth-order valence-corrected chi connectivity index (χ4v) is 4.28. The molecule has 106 valence electrons. The molecule has 19 heavy (non-hydrogen) atoms. The second-order valence-corrected chi connectivity index (χ2v) is 7.03. The third-order valence-corrected chi connectivity index (χ3v) is 5.76. The number of nitrogens with zero attached hydrogens (tertiary/aromatic N) is 1. The second-order valence-electron chi connectivity index (χ2n) is 3.95. The van der Waals surface area contributed by atoms with Gasteiger partial charge in [0.2, 0.25) is 0 Å². The van der Waals surface area contributed by atoms with Crippen LogP contribution in [0.15, 0.2) is 41.0 Å². The first-order chi connectivity index (χ1) is 9.06. The molecule has 0 saturated carbocycles. The van der Waals surface area contributed by atoms with Crippen LogP contribution in [0.3, 0.4) is 0 Å². The van der Waals surface area contributed by atoms with E-state index in [1.807, 2.05) is 12.3 Å². The zero-order valence-corrected chi connectivity index (χ0v) is 12.8. The first-order valence-corrected chi connectivity index (χ1v) is 8.38. The summed E-state index contributed by atoms with van der Waals surface area (Å²) in [5.41, 5.74) is 0.989. The SMILES string of the molecule is C=CCN(CC=C)S(=O)(=O)c1cc(CNCC)cs1. The van der Waals surface area contributed by atoms with Crippen LogP contribution in [0.25, 0.3) is 0 Å². The van der Waals surface area contributed by atoms with Crippen LogP contribution < -0.4 is 5.32 Å². The Bertz CT molecular complexity index is 511. The molecule has 1 aromatic rings. The molecule has 0 radical (unpaired) electrons. The largest absolute Gasteiger partial charge is 0.313 e. The Balaban J connectivity index is 2.93. The van der Waals surface area contributed by atoms with Gasteiger partial charge in [0.05, 0.1) is 0 Å². The van der Waals surface area contributed by atoms with Crippen LogP contribution in [0, 0.1) is 0 Å². The van der Waals surface area contributed by atoms with E-state index < -0.39 is 10.0 Å². The highest BCUT2D eigenvalue weighted by Gasteiger charge is 2.24. The van der Waals surface area contributed by atoms with Gasteiger partial charge in [-0.3, -0.25) is 0 Å². The van der Waals surface area contributed by atoms with E-state index in [4.69, 9.17) is 0 Å². The van der Waals surface area contributed by atoms with E-state index in [-0.39, 0.29) is 13.1 Å². The van der Waals surface area contributed by atoms with Crippen molar-refractivity contribution in [1.82, 2.24) is 9.62 Å². The highest BCUT2D eigenvalue weighted by Crippen LogP contribution is 2.24. The predicted molar refractivity (Wildman–Crippen MR) is 80.9 cm³/mol. The summed E-state index contributed by atoms with van der Waals surface area (Å²) in [7, 11) is -3.45. The summed E-state index contributed by atoms with van der Waals surface area (Å²) < 4.78 is 26.6. The summed E-state index contributed by atoms with van der Waals surface area (Å²) in [4.78, 5) is 0. The van der Waals surface area contributed by atoms with Crippen molar-refractivity contribution in [3.63, 3.8) is 0 Å². The zero-order valence-electron chi connectivity index (χ0n) is 11.1. The van der Waals surface area contributed by atoms with Crippen LogP contribution in [0.5, 0.6) is 0 Å². The number of sulfonamides is 1. The molecule has 4 nitrogen and oxygen atoms in total. The van der Waals surface area contributed by atoms with E-state index in [2.05, 4.69) is 18.5 Å². The molecule has 0 spiro atoms. The van der Waals surface area contributed by atoms with Gasteiger partial charge < -0.3 is 5.32 Å². The topological polar surface area (TPSA) is 49.4 Å². The minimum absolute atomic E-state index is 0.287. The molecule has 0 bridgehead atoms. The molecule has 1 rings (SSSR count). The Kier molecular flexibility index (Phi) is 6.44. The third kappa shape index (κ3) is 4.28. The lowest BCUT2D eigenvalue weighted by Gasteiger charge is -2.17. The third-order valence-electron chi connectivity index (χ3n) is 2.47. The second kappa shape index (κ2) is 7.59. The summed E-state index contributed by atoms with van der Waals surface area (Å²) in [6, 6.07) is 1.72. The lowest BCUT2D eigenvalue weighted by atomic mass is 10.3. The van der Waals surface area contributed by atoms with Gasteiger partial charge in [-0.2, -0.15) is 4.31 Å². The minimum Gasteiger partial charge on any atom is -0.313 e. The standard InChI is InChI=1S/C13H20N2O2S2/c1-4-7-15(8-5-2)19(16,17)13-9-12(11-18-13)10-14-6-3/h4-5,9,11,14H,1-2,6-8,10H2,3H3. The van der Waals surface area contributed by atoms with Crippen molar-refractivity contribution in [2.75, 3.05) is 19.6 Å². The van der Waals surface area contributed by atoms with Crippen LogP contribution in [0.2, 0.25) is 0 Å². The molecule has 1 heterocycles. The van der Waals surface area contributed by atoms with E-state index in [9.17, 15) is 8.42 Å². The minimum atomic E-state index is -3.45. The molecule has 1 aromatic heterocycles. The molecule has 0 saturated heterocycles. The van der Waals surface area contributed by atoms with Crippen molar-refractivity contribution in [3.05, 3.63) is 42.3 Å². The van der Waals surface area contributed by atoms with Crippen LogP contribution in [0.1, 0.15) is 12.5 Å². The molecule has 0 amide bonds. The van der Waals surface area contributed by atoms with Crippen LogP contribution in [-0.4, -0.2) is 32.4 Å². The Morgan fingerprint density at radius 3 is 2.53 bits per heavy atom. The van der Waals surface area contributed by atoms with Gasteiger partial charge in [-0.15, -0.1) is 24.5 Å².